The zero-order valence-corrected chi connectivity index (χ0v) is 11.0. The van der Waals surface area contributed by atoms with Gasteiger partial charge in [-0.05, 0) is 17.2 Å². The number of nitrogens with two attached hydrogens (primary N) is 1. The molecule has 0 aliphatic carbocycles. The molecule has 0 spiro atoms. The fraction of sp³-hybridized carbons (Fsp3) is 0.143. The van der Waals surface area contributed by atoms with Gasteiger partial charge in [0.25, 0.3) is 0 Å². The van der Waals surface area contributed by atoms with Gasteiger partial charge in [-0.15, -0.1) is 0 Å². The van der Waals surface area contributed by atoms with Crippen LogP contribution in [0.4, 0.5) is 0 Å². The Balaban J connectivity index is 2.25. The predicted molar refractivity (Wildman–Crippen MR) is 72.8 cm³/mol. The molecule has 0 radical (unpaired) electrons. The second kappa shape index (κ2) is 4.45. The Bertz CT molecular complexity index is 698. The van der Waals surface area contributed by atoms with Crippen molar-refractivity contribution in [1.82, 2.24) is 4.31 Å². The monoisotopic (exact) mass is 274 g/mol. The molecular formula is C14H14N2O2S. The summed E-state index contributed by atoms with van der Waals surface area (Å²) < 4.78 is 26.2. The molecule has 2 N–H and O–H groups in total. The van der Waals surface area contributed by atoms with Gasteiger partial charge in [0, 0.05) is 0 Å². The van der Waals surface area contributed by atoms with E-state index in [1.807, 2.05) is 42.5 Å². The van der Waals surface area contributed by atoms with Crippen molar-refractivity contribution in [2.24, 2.45) is 5.73 Å². The number of sulfonamides is 1. The third-order valence-corrected chi connectivity index (χ3v) is 5.29. The molecule has 19 heavy (non-hydrogen) atoms. The summed E-state index contributed by atoms with van der Waals surface area (Å²) in [5.74, 6) is 0. The fourth-order valence-corrected chi connectivity index (χ4v) is 4.24. The van der Waals surface area contributed by atoms with E-state index in [0.717, 1.165) is 11.1 Å². The summed E-state index contributed by atoms with van der Waals surface area (Å²) in [6.07, 6.45) is 0. The Morgan fingerprint density at radius 1 is 1.00 bits per heavy atom. The smallest absolute Gasteiger partial charge is 0.245 e. The number of hydrogen-bond acceptors (Lipinski definition) is 3. The Morgan fingerprint density at radius 3 is 2.32 bits per heavy atom. The lowest BCUT2D eigenvalue weighted by Crippen LogP contribution is -2.34. The second-order valence-corrected chi connectivity index (χ2v) is 6.28. The molecule has 2 aromatic carbocycles. The standard InChI is InChI=1S/C14H14N2O2S/c15-10-16-14(11-6-2-1-3-7-11)12-8-4-5-9-13(12)19(16,17)18/h1-9,14H,10,15H2. The number of nitrogens with zero attached hydrogens (tertiary/aromatic N) is 1. The highest BCUT2D eigenvalue weighted by atomic mass is 32.2. The van der Waals surface area contributed by atoms with Crippen molar-refractivity contribution in [3.63, 3.8) is 0 Å². The van der Waals surface area contributed by atoms with E-state index in [4.69, 9.17) is 5.73 Å². The highest BCUT2D eigenvalue weighted by molar-refractivity contribution is 7.89. The maximum absolute atomic E-state index is 12.4. The number of rotatable bonds is 2. The van der Waals surface area contributed by atoms with Crippen LogP contribution in [0.15, 0.2) is 59.5 Å². The molecule has 0 fully saturated rings. The summed E-state index contributed by atoms with van der Waals surface area (Å²) in [6.45, 7) is -0.0312. The van der Waals surface area contributed by atoms with E-state index in [2.05, 4.69) is 0 Å². The number of fused-ring (bicyclic) bond motifs is 1. The van der Waals surface area contributed by atoms with Crippen molar-refractivity contribution in [1.29, 1.82) is 0 Å². The van der Waals surface area contributed by atoms with Gasteiger partial charge in [0.2, 0.25) is 10.0 Å². The van der Waals surface area contributed by atoms with Gasteiger partial charge in [0.1, 0.15) is 0 Å². The Kier molecular flexibility index (Phi) is 2.89. The van der Waals surface area contributed by atoms with Crippen molar-refractivity contribution < 1.29 is 8.42 Å². The van der Waals surface area contributed by atoms with E-state index in [1.54, 1.807) is 12.1 Å². The zero-order valence-electron chi connectivity index (χ0n) is 10.2. The maximum Gasteiger partial charge on any atom is 0.245 e. The maximum atomic E-state index is 12.4. The first-order chi connectivity index (χ1) is 9.16. The SMILES string of the molecule is NCN1C(c2ccccc2)c2ccccc2S1(=O)=O. The molecule has 2 aromatic rings. The van der Waals surface area contributed by atoms with Gasteiger partial charge >= 0.3 is 0 Å². The minimum Gasteiger partial charge on any atom is -0.317 e. The molecular weight excluding hydrogens is 260 g/mol. The summed E-state index contributed by atoms with van der Waals surface area (Å²) in [4.78, 5) is 0.356. The van der Waals surface area contributed by atoms with E-state index in [0.29, 0.717) is 4.90 Å². The first-order valence-electron chi connectivity index (χ1n) is 6.02. The van der Waals surface area contributed by atoms with Crippen molar-refractivity contribution >= 4 is 10.0 Å². The van der Waals surface area contributed by atoms with E-state index in [9.17, 15) is 8.42 Å². The van der Waals surface area contributed by atoms with Crippen LogP contribution in [-0.4, -0.2) is 19.4 Å². The predicted octanol–water partition coefficient (Wildman–Crippen LogP) is 1.70. The van der Waals surface area contributed by atoms with Gasteiger partial charge < -0.3 is 5.73 Å². The lowest BCUT2D eigenvalue weighted by Gasteiger charge is -2.21. The minimum atomic E-state index is -3.49. The van der Waals surface area contributed by atoms with Crippen LogP contribution in [0, 0.1) is 0 Å². The van der Waals surface area contributed by atoms with Gasteiger partial charge in [0.05, 0.1) is 17.6 Å². The molecule has 1 aliphatic heterocycles. The quantitative estimate of drug-likeness (QED) is 0.906. The van der Waals surface area contributed by atoms with Crippen molar-refractivity contribution in [3.05, 3.63) is 65.7 Å². The van der Waals surface area contributed by atoms with Crippen LogP contribution in [0.1, 0.15) is 17.2 Å². The van der Waals surface area contributed by atoms with Crippen molar-refractivity contribution in [3.8, 4) is 0 Å². The van der Waals surface area contributed by atoms with Crippen LogP contribution in [0.5, 0.6) is 0 Å². The highest BCUT2D eigenvalue weighted by Gasteiger charge is 2.42. The van der Waals surface area contributed by atoms with Crippen molar-refractivity contribution in [2.75, 3.05) is 6.67 Å². The third kappa shape index (κ3) is 1.78. The molecule has 0 saturated heterocycles. The first kappa shape index (κ1) is 12.3. The Labute approximate surface area is 112 Å². The van der Waals surface area contributed by atoms with Crippen LogP contribution in [-0.2, 0) is 10.0 Å². The molecule has 0 saturated carbocycles. The highest BCUT2D eigenvalue weighted by Crippen LogP contribution is 2.42. The summed E-state index contributed by atoms with van der Waals surface area (Å²) >= 11 is 0. The first-order valence-corrected chi connectivity index (χ1v) is 7.46. The molecule has 0 aromatic heterocycles. The lowest BCUT2D eigenvalue weighted by atomic mass is 9.99. The molecule has 5 heteroatoms. The molecule has 0 bridgehead atoms. The Morgan fingerprint density at radius 2 is 1.63 bits per heavy atom. The molecule has 4 nitrogen and oxygen atoms in total. The third-order valence-electron chi connectivity index (χ3n) is 3.38. The summed E-state index contributed by atoms with van der Waals surface area (Å²) in [7, 11) is -3.49. The average molecular weight is 274 g/mol. The van der Waals surface area contributed by atoms with Crippen molar-refractivity contribution in [2.45, 2.75) is 10.9 Å². The van der Waals surface area contributed by atoms with Crippen LogP contribution >= 0.6 is 0 Å². The zero-order chi connectivity index (χ0) is 13.5. The van der Waals surface area contributed by atoms with Gasteiger partial charge in [0.15, 0.2) is 0 Å². The molecule has 3 rings (SSSR count). The van der Waals surface area contributed by atoms with E-state index in [-0.39, 0.29) is 12.7 Å². The number of benzene rings is 2. The van der Waals surface area contributed by atoms with Gasteiger partial charge in [-0.1, -0.05) is 48.5 Å². The van der Waals surface area contributed by atoms with Gasteiger partial charge in [-0.3, -0.25) is 0 Å². The normalized spacial score (nSPS) is 21.2. The van der Waals surface area contributed by atoms with E-state index >= 15 is 0 Å². The largest absolute Gasteiger partial charge is 0.317 e. The van der Waals surface area contributed by atoms with Gasteiger partial charge in [-0.25, -0.2) is 8.42 Å². The summed E-state index contributed by atoms with van der Waals surface area (Å²) in [6, 6.07) is 16.3. The minimum absolute atomic E-state index is 0.0312. The molecule has 1 aliphatic rings. The average Bonchev–Trinajstić information content (AvgIpc) is 2.68. The second-order valence-electron chi connectivity index (χ2n) is 4.43. The number of hydrogen-bond donors (Lipinski definition) is 1. The van der Waals surface area contributed by atoms with Gasteiger partial charge in [-0.2, -0.15) is 4.31 Å². The topological polar surface area (TPSA) is 63.4 Å². The molecule has 98 valence electrons. The molecule has 1 atom stereocenters. The summed E-state index contributed by atoms with van der Waals surface area (Å²) in [5, 5.41) is 0. The van der Waals surface area contributed by atoms with Crippen LogP contribution < -0.4 is 5.73 Å². The fourth-order valence-electron chi connectivity index (χ4n) is 2.55. The molecule has 1 heterocycles. The van der Waals surface area contributed by atoms with E-state index in [1.165, 1.54) is 4.31 Å². The summed E-state index contributed by atoms with van der Waals surface area (Å²) in [5.41, 5.74) is 7.39. The van der Waals surface area contributed by atoms with Crippen LogP contribution in [0.3, 0.4) is 0 Å². The lowest BCUT2D eigenvalue weighted by molar-refractivity contribution is 0.387. The van der Waals surface area contributed by atoms with Crippen LogP contribution in [0.25, 0.3) is 0 Å². The molecule has 1 unspecified atom stereocenters. The molecule has 0 amide bonds. The van der Waals surface area contributed by atoms with E-state index < -0.39 is 10.0 Å². The van der Waals surface area contributed by atoms with Crippen LogP contribution in [0.2, 0.25) is 0 Å². The Hall–Kier alpha value is -1.69.